The Hall–Kier alpha value is -2.85. The van der Waals surface area contributed by atoms with E-state index >= 15 is 0 Å². The molecule has 1 saturated heterocycles. The molecule has 0 saturated carbocycles. The van der Waals surface area contributed by atoms with E-state index in [4.69, 9.17) is 0 Å². The molecule has 0 spiro atoms. The van der Waals surface area contributed by atoms with Crippen LogP contribution >= 0.6 is 0 Å². The highest BCUT2D eigenvalue weighted by Gasteiger charge is 2.23. The number of rotatable bonds is 6. The number of nitrogens with zero attached hydrogens (tertiary/aromatic N) is 2. The summed E-state index contributed by atoms with van der Waals surface area (Å²) < 4.78 is 2.25. The van der Waals surface area contributed by atoms with Gasteiger partial charge in [-0.3, -0.25) is 4.79 Å². The van der Waals surface area contributed by atoms with E-state index in [2.05, 4.69) is 40.5 Å². The Morgan fingerprint density at radius 3 is 2.43 bits per heavy atom. The van der Waals surface area contributed by atoms with Gasteiger partial charge in [-0.15, -0.1) is 0 Å². The molecule has 4 heterocycles. The highest BCUT2D eigenvalue weighted by molar-refractivity contribution is 6.08. The number of aromatic nitrogens is 1. The molecule has 3 aromatic heterocycles. The topological polar surface area (TPSA) is 45.0 Å². The normalized spacial score (nSPS) is 15.4. The Bertz CT molecular complexity index is 1180. The van der Waals surface area contributed by atoms with Gasteiger partial charge in [0.2, 0.25) is 0 Å². The molecule has 0 unspecified atom stereocenters. The minimum Gasteiger partial charge on any atom is -0.508 e. The van der Waals surface area contributed by atoms with E-state index in [0.29, 0.717) is 6.42 Å². The molecule has 4 aromatic rings. The highest BCUT2D eigenvalue weighted by atomic mass is 16.3. The second-order valence-electron chi connectivity index (χ2n) is 8.40. The summed E-state index contributed by atoms with van der Waals surface area (Å²) >= 11 is 0. The van der Waals surface area contributed by atoms with Crippen molar-refractivity contribution in [2.24, 2.45) is 0 Å². The van der Waals surface area contributed by atoms with Crippen LogP contribution < -0.4 is 0 Å². The molecule has 0 amide bonds. The van der Waals surface area contributed by atoms with Crippen molar-refractivity contribution in [3.05, 3.63) is 59.7 Å². The maximum absolute atomic E-state index is 13.2. The van der Waals surface area contributed by atoms with Gasteiger partial charge in [0.15, 0.2) is 5.78 Å². The van der Waals surface area contributed by atoms with Gasteiger partial charge in [-0.2, -0.15) is 0 Å². The third-order valence-corrected chi connectivity index (χ3v) is 6.57. The van der Waals surface area contributed by atoms with Gasteiger partial charge in [0, 0.05) is 24.1 Å². The largest absolute Gasteiger partial charge is 0.508 e. The number of Topliss-reactive ketones (excluding diaryl/α,β-unsaturated/α-hetero) is 1. The fourth-order valence-electron chi connectivity index (χ4n) is 5.07. The Kier molecular flexibility index (Phi) is 4.95. The van der Waals surface area contributed by atoms with E-state index in [9.17, 15) is 9.90 Å². The molecule has 154 valence electrons. The molecule has 0 atom stereocenters. The number of pyridine rings is 1. The first-order valence-electron chi connectivity index (χ1n) is 11.1. The van der Waals surface area contributed by atoms with Crippen molar-refractivity contribution in [3.8, 4) is 16.9 Å². The van der Waals surface area contributed by atoms with Gasteiger partial charge >= 0.3 is 0 Å². The van der Waals surface area contributed by atoms with Crippen LogP contribution in [0.1, 0.15) is 48.5 Å². The van der Waals surface area contributed by atoms with Crippen LogP contribution in [-0.2, 0) is 6.42 Å². The van der Waals surface area contributed by atoms with Gasteiger partial charge in [-0.25, -0.2) is 0 Å². The fourth-order valence-corrected chi connectivity index (χ4v) is 5.07. The molecule has 1 N–H and O–H groups in total. The second kappa shape index (κ2) is 7.77. The first-order valence-corrected chi connectivity index (χ1v) is 11.1. The summed E-state index contributed by atoms with van der Waals surface area (Å²) in [5.41, 5.74) is 7.62. The van der Waals surface area contributed by atoms with E-state index in [1.54, 1.807) is 12.1 Å². The third-order valence-electron chi connectivity index (χ3n) is 6.57. The molecular weight excluding hydrogens is 372 g/mol. The number of aryl methyl sites for hydroxylation is 1. The number of piperidine rings is 1. The van der Waals surface area contributed by atoms with Gasteiger partial charge in [-0.05, 0) is 73.8 Å². The quantitative estimate of drug-likeness (QED) is 0.433. The average Bonchev–Trinajstić information content (AvgIpc) is 3.32. The van der Waals surface area contributed by atoms with Gasteiger partial charge in [0.1, 0.15) is 5.75 Å². The van der Waals surface area contributed by atoms with E-state index in [1.165, 1.54) is 35.9 Å². The third kappa shape index (κ3) is 3.16. The number of hydrogen-bond acceptors (Lipinski definition) is 3. The summed E-state index contributed by atoms with van der Waals surface area (Å²) in [6, 6.07) is 15.7. The molecule has 30 heavy (non-hydrogen) atoms. The van der Waals surface area contributed by atoms with Crippen LogP contribution in [0.25, 0.3) is 27.7 Å². The van der Waals surface area contributed by atoms with Crippen molar-refractivity contribution in [2.75, 3.05) is 19.6 Å². The van der Waals surface area contributed by atoms with Gasteiger partial charge in [0.05, 0.1) is 16.6 Å². The van der Waals surface area contributed by atoms with Crippen LogP contribution in [0.15, 0.2) is 48.5 Å². The predicted octanol–water partition coefficient (Wildman–Crippen LogP) is 5.52. The smallest absolute Gasteiger partial charge is 0.166 e. The van der Waals surface area contributed by atoms with E-state index < -0.39 is 0 Å². The van der Waals surface area contributed by atoms with Crippen LogP contribution in [0.5, 0.6) is 5.75 Å². The summed E-state index contributed by atoms with van der Waals surface area (Å²) in [5, 5.41) is 9.72. The first-order chi connectivity index (χ1) is 14.7. The Morgan fingerprint density at radius 2 is 1.70 bits per heavy atom. The molecule has 0 aliphatic carbocycles. The lowest BCUT2D eigenvalue weighted by molar-refractivity contribution is 0.0960. The molecular formula is C26H28N2O2. The summed E-state index contributed by atoms with van der Waals surface area (Å²) in [5.74, 6) is 0.494. The molecule has 4 nitrogen and oxygen atoms in total. The summed E-state index contributed by atoms with van der Waals surface area (Å²) in [6.45, 7) is 5.26. The van der Waals surface area contributed by atoms with Crippen LogP contribution in [-0.4, -0.2) is 39.8 Å². The zero-order valence-corrected chi connectivity index (χ0v) is 17.5. The average molecular weight is 401 g/mol. The van der Waals surface area contributed by atoms with Crippen LogP contribution in [0.2, 0.25) is 0 Å². The van der Waals surface area contributed by atoms with Gasteiger partial charge < -0.3 is 14.4 Å². The minimum absolute atomic E-state index is 0.228. The number of carbonyl (C=O) groups excluding carboxylic acids is 1. The maximum atomic E-state index is 13.2. The number of phenolic OH excluding ortho intramolecular Hbond substituents is 1. The zero-order chi connectivity index (χ0) is 20.7. The van der Waals surface area contributed by atoms with Gasteiger partial charge in [-0.1, -0.05) is 31.5 Å². The van der Waals surface area contributed by atoms with Crippen LogP contribution in [0.3, 0.4) is 0 Å². The van der Waals surface area contributed by atoms with Crippen molar-refractivity contribution in [1.82, 2.24) is 9.30 Å². The van der Waals surface area contributed by atoms with E-state index in [-0.39, 0.29) is 11.5 Å². The molecule has 0 bridgehead atoms. The number of carbonyl (C=O) groups is 1. The predicted molar refractivity (Wildman–Crippen MR) is 122 cm³/mol. The van der Waals surface area contributed by atoms with Crippen molar-refractivity contribution >= 4 is 22.3 Å². The lowest BCUT2D eigenvalue weighted by Gasteiger charge is -2.25. The number of likely N-dealkylation sites (tertiary alicyclic amines) is 1. The summed E-state index contributed by atoms with van der Waals surface area (Å²) in [6.07, 6.45) is 5.29. The van der Waals surface area contributed by atoms with Gasteiger partial charge in [0.25, 0.3) is 0 Å². The van der Waals surface area contributed by atoms with Crippen molar-refractivity contribution in [2.45, 2.75) is 39.0 Å². The molecule has 4 heteroatoms. The maximum Gasteiger partial charge on any atom is 0.166 e. The standard InChI is InChI=1S/C26H28N2O2/c1-2-20-22-7-6-8-23-21(25(30)13-16-27-14-4-3-5-15-27)17-24(28(22)23)26(20)18-9-11-19(29)12-10-18/h6-12,17,29H,2-5,13-16H2,1H3. The molecule has 1 aliphatic heterocycles. The fraction of sp³-hybridized carbons (Fsp3) is 0.346. The molecule has 1 aromatic carbocycles. The van der Waals surface area contributed by atoms with E-state index in [0.717, 1.165) is 48.2 Å². The molecule has 1 aliphatic rings. The number of ketones is 1. The first kappa shape index (κ1) is 19.1. The Morgan fingerprint density at radius 1 is 0.967 bits per heavy atom. The lowest BCUT2D eigenvalue weighted by atomic mass is 9.98. The second-order valence-corrected chi connectivity index (χ2v) is 8.40. The number of hydrogen-bond donors (Lipinski definition) is 1. The minimum atomic E-state index is 0.228. The SMILES string of the molecule is CCc1c(-c2ccc(O)cc2)c2cc(C(=O)CCN3CCCCC3)c3cccc1n32. The number of benzene rings is 1. The molecule has 1 fully saturated rings. The zero-order valence-electron chi connectivity index (χ0n) is 17.5. The van der Waals surface area contributed by atoms with Crippen LogP contribution in [0.4, 0.5) is 0 Å². The Labute approximate surface area is 177 Å². The summed E-state index contributed by atoms with van der Waals surface area (Å²) in [4.78, 5) is 15.6. The molecule has 0 radical (unpaired) electrons. The van der Waals surface area contributed by atoms with E-state index in [1.807, 2.05) is 12.1 Å². The molecule has 5 rings (SSSR count). The highest BCUT2D eigenvalue weighted by Crippen LogP contribution is 2.39. The van der Waals surface area contributed by atoms with Crippen molar-refractivity contribution < 1.29 is 9.90 Å². The van der Waals surface area contributed by atoms with Crippen molar-refractivity contribution in [3.63, 3.8) is 0 Å². The number of aromatic hydroxyl groups is 1. The Balaban J connectivity index is 1.57. The van der Waals surface area contributed by atoms with Crippen molar-refractivity contribution in [1.29, 1.82) is 0 Å². The van der Waals surface area contributed by atoms with Crippen LogP contribution in [0, 0.1) is 0 Å². The summed E-state index contributed by atoms with van der Waals surface area (Å²) in [7, 11) is 0. The number of phenols is 1. The monoisotopic (exact) mass is 400 g/mol. The lowest BCUT2D eigenvalue weighted by Crippen LogP contribution is -2.31.